The van der Waals surface area contributed by atoms with Crippen LogP contribution < -0.4 is 26.0 Å². The maximum atomic E-state index is 15.2. The number of carbonyl (C=O) groups is 2. The number of nitrogens with one attached hydrogen (secondary N) is 2. The van der Waals surface area contributed by atoms with Crippen LogP contribution in [0.2, 0.25) is 0 Å². The van der Waals surface area contributed by atoms with Gasteiger partial charge in [-0.25, -0.2) is 9.97 Å². The van der Waals surface area contributed by atoms with E-state index in [9.17, 15) is 14.4 Å². The van der Waals surface area contributed by atoms with Crippen LogP contribution in [-0.2, 0) is 48.3 Å². The molecule has 4 aliphatic rings. The van der Waals surface area contributed by atoms with Gasteiger partial charge in [0, 0.05) is 75.2 Å². The maximum Gasteiger partial charge on any atom is 0.420 e. The quantitative estimate of drug-likeness (QED) is 0.157. The molecule has 3 aliphatic heterocycles. The zero-order valence-electron chi connectivity index (χ0n) is 33.3. The first-order valence-electron chi connectivity index (χ1n) is 19.5. The van der Waals surface area contributed by atoms with Crippen molar-refractivity contribution >= 4 is 40.5 Å². The van der Waals surface area contributed by atoms with Crippen molar-refractivity contribution in [1.82, 2.24) is 24.0 Å². The molecular formula is C41H43F6N9O4. The number of piperazine rings is 1. The van der Waals surface area contributed by atoms with Gasteiger partial charge in [0.2, 0.25) is 5.91 Å². The van der Waals surface area contributed by atoms with Crippen LogP contribution in [0.3, 0.4) is 0 Å². The molecule has 19 heteroatoms. The van der Waals surface area contributed by atoms with Crippen LogP contribution in [0.15, 0.2) is 54.1 Å². The van der Waals surface area contributed by atoms with Crippen molar-refractivity contribution in [2.75, 3.05) is 59.8 Å². The molecule has 0 radical (unpaired) electrons. The first-order chi connectivity index (χ1) is 28.2. The number of rotatable bonds is 8. The van der Waals surface area contributed by atoms with Crippen molar-refractivity contribution in [3.05, 3.63) is 87.7 Å². The number of anilines is 5. The number of aromatic nitrogens is 4. The number of alkyl halides is 6. The molecule has 2 fully saturated rings. The Hall–Kier alpha value is -5.69. The van der Waals surface area contributed by atoms with Gasteiger partial charge in [0.25, 0.3) is 11.5 Å². The van der Waals surface area contributed by atoms with Crippen LogP contribution in [0.4, 0.5) is 55.0 Å². The molecule has 1 atom stereocenters. The number of carbonyl (C=O) groups excluding carboxylic acids is 2. The molecule has 2 amide bonds. The SMILES string of the molecule is C=CC(=O)Nc1cc(Nc2nc(-c3ccnc(N4CCn5c(cc6c5CC(C)(C)C6)C4=O)c3C(F)(F)F)cn(C)c2=O)cc(C(F)(F)F)c1N1CCN(C2COC2)CC1C. The first-order valence-corrected chi connectivity index (χ1v) is 19.5. The summed E-state index contributed by atoms with van der Waals surface area (Å²) < 4.78 is 98.8. The number of pyridine rings is 1. The molecule has 4 aromatic rings. The summed E-state index contributed by atoms with van der Waals surface area (Å²) in [4.78, 5) is 53.0. The summed E-state index contributed by atoms with van der Waals surface area (Å²) in [7, 11) is 1.26. The predicted octanol–water partition coefficient (Wildman–Crippen LogP) is 6.24. The minimum Gasteiger partial charge on any atom is -0.378 e. The Morgan fingerprint density at radius 1 is 1.02 bits per heavy atom. The minimum absolute atomic E-state index is 0.00338. The van der Waals surface area contributed by atoms with E-state index in [0.717, 1.165) is 64.2 Å². The van der Waals surface area contributed by atoms with Gasteiger partial charge in [-0.1, -0.05) is 20.4 Å². The second-order valence-corrected chi connectivity index (χ2v) is 16.5. The smallest absolute Gasteiger partial charge is 0.378 e. The van der Waals surface area contributed by atoms with Gasteiger partial charge in [0.15, 0.2) is 5.82 Å². The second kappa shape index (κ2) is 14.8. The molecule has 0 spiro atoms. The number of ether oxygens (including phenoxy) is 1. The van der Waals surface area contributed by atoms with Crippen molar-refractivity contribution in [3.63, 3.8) is 0 Å². The number of aryl methyl sites for hydroxylation is 1. The average Bonchev–Trinajstić information content (AvgIpc) is 3.64. The molecule has 2 N–H and O–H groups in total. The highest BCUT2D eigenvalue weighted by atomic mass is 19.4. The van der Waals surface area contributed by atoms with E-state index in [1.165, 1.54) is 13.1 Å². The molecule has 1 aromatic carbocycles. The number of benzene rings is 1. The molecular weight excluding hydrogens is 796 g/mol. The molecule has 0 saturated carbocycles. The van der Waals surface area contributed by atoms with Crippen LogP contribution in [0.25, 0.3) is 11.3 Å². The first kappa shape index (κ1) is 41.1. The zero-order valence-corrected chi connectivity index (χ0v) is 33.3. The molecule has 318 valence electrons. The Labute approximate surface area is 340 Å². The Balaban J connectivity index is 1.18. The summed E-state index contributed by atoms with van der Waals surface area (Å²) in [5.74, 6) is -2.69. The zero-order chi connectivity index (χ0) is 43.1. The van der Waals surface area contributed by atoms with E-state index in [1.54, 1.807) is 17.9 Å². The largest absolute Gasteiger partial charge is 0.420 e. The van der Waals surface area contributed by atoms with E-state index in [1.807, 2.05) is 4.57 Å². The fourth-order valence-electron chi connectivity index (χ4n) is 8.81. The molecule has 6 heterocycles. The predicted molar refractivity (Wildman–Crippen MR) is 212 cm³/mol. The fraction of sp³-hybridized carbons (Fsp3) is 0.439. The highest BCUT2D eigenvalue weighted by Crippen LogP contribution is 2.46. The number of fused-ring (bicyclic) bond motifs is 3. The Kier molecular flexibility index (Phi) is 10.1. The van der Waals surface area contributed by atoms with E-state index >= 15 is 26.3 Å². The van der Waals surface area contributed by atoms with Crippen molar-refractivity contribution < 1.29 is 40.7 Å². The van der Waals surface area contributed by atoms with Gasteiger partial charge >= 0.3 is 12.4 Å². The van der Waals surface area contributed by atoms with Gasteiger partial charge in [-0.3, -0.25) is 24.2 Å². The molecule has 3 aromatic heterocycles. The van der Waals surface area contributed by atoms with Gasteiger partial charge in [-0.05, 0) is 61.1 Å². The van der Waals surface area contributed by atoms with Gasteiger partial charge in [0.1, 0.15) is 17.1 Å². The summed E-state index contributed by atoms with van der Waals surface area (Å²) in [5, 5.41) is 5.08. The summed E-state index contributed by atoms with van der Waals surface area (Å²) in [5.41, 5.74) is -2.78. The summed E-state index contributed by atoms with van der Waals surface area (Å²) in [6.07, 6.45) is -5.51. The molecule has 13 nitrogen and oxygen atoms in total. The van der Waals surface area contributed by atoms with Crippen LogP contribution >= 0.6 is 0 Å². The lowest BCUT2D eigenvalue weighted by Crippen LogP contribution is -2.60. The lowest BCUT2D eigenvalue weighted by atomic mass is 9.90. The van der Waals surface area contributed by atoms with Gasteiger partial charge in [-0.15, -0.1) is 0 Å². The molecule has 1 aliphatic carbocycles. The van der Waals surface area contributed by atoms with Crippen molar-refractivity contribution in [2.24, 2.45) is 12.5 Å². The third-order valence-corrected chi connectivity index (χ3v) is 11.6. The van der Waals surface area contributed by atoms with E-state index in [4.69, 9.17) is 4.74 Å². The molecule has 8 rings (SSSR count). The monoisotopic (exact) mass is 839 g/mol. The third-order valence-electron chi connectivity index (χ3n) is 11.6. The van der Waals surface area contributed by atoms with Crippen LogP contribution in [-0.4, -0.2) is 87.3 Å². The number of halogens is 6. The van der Waals surface area contributed by atoms with E-state index in [0.29, 0.717) is 26.3 Å². The maximum absolute atomic E-state index is 15.2. The second-order valence-electron chi connectivity index (χ2n) is 16.5. The summed E-state index contributed by atoms with van der Waals surface area (Å²) >= 11 is 0. The van der Waals surface area contributed by atoms with Crippen LogP contribution in [0.5, 0.6) is 0 Å². The van der Waals surface area contributed by atoms with Gasteiger partial charge in [-0.2, -0.15) is 26.3 Å². The number of nitrogens with zero attached hydrogens (tertiary/aromatic N) is 7. The fourth-order valence-corrected chi connectivity index (χ4v) is 8.81. The van der Waals surface area contributed by atoms with Crippen LogP contribution in [0.1, 0.15) is 53.6 Å². The Morgan fingerprint density at radius 3 is 2.42 bits per heavy atom. The summed E-state index contributed by atoms with van der Waals surface area (Å²) in [6, 6.07) is 4.50. The van der Waals surface area contributed by atoms with Crippen molar-refractivity contribution in [3.8, 4) is 11.3 Å². The lowest BCUT2D eigenvalue weighted by molar-refractivity contribution is -0.137. The Bertz CT molecular complexity index is 2470. The average molecular weight is 840 g/mol. The van der Waals surface area contributed by atoms with Crippen molar-refractivity contribution in [2.45, 2.75) is 64.6 Å². The van der Waals surface area contributed by atoms with Crippen LogP contribution in [0, 0.1) is 5.41 Å². The number of hydrogen-bond donors (Lipinski definition) is 2. The van der Waals surface area contributed by atoms with Gasteiger partial charge < -0.3 is 29.4 Å². The molecule has 0 bridgehead atoms. The van der Waals surface area contributed by atoms with E-state index < -0.39 is 64.1 Å². The normalized spacial score (nSPS) is 19.5. The number of hydrogen-bond acceptors (Lipinski definition) is 9. The topological polar surface area (TPSA) is 130 Å². The standard InChI is InChI=1S/C41H43F6N9O4/c1-6-32(57)50-28-15-24(14-27(40(42,43)44)34(28)54-10-9-53(18-22(54)2)25-20-60-21-25)49-35-38(59)52(5)19-29(51-35)26-7-8-48-36(33(26)41(45,46)47)56-12-11-55-30(37(56)58)13-23-16-39(3,4)17-31(23)55/h6-8,13-15,19,22,25H,1,9-12,16-18,20-21H2,2-5H3,(H,49,51)(H,50,57). The summed E-state index contributed by atoms with van der Waals surface area (Å²) in [6.45, 7) is 11.7. The Morgan fingerprint density at radius 2 is 1.77 bits per heavy atom. The lowest BCUT2D eigenvalue weighted by Gasteiger charge is -2.47. The molecule has 60 heavy (non-hydrogen) atoms. The van der Waals surface area contributed by atoms with Gasteiger partial charge in [0.05, 0.1) is 41.9 Å². The third kappa shape index (κ3) is 7.41. The van der Waals surface area contributed by atoms with Crippen molar-refractivity contribution in [1.29, 1.82) is 0 Å². The van der Waals surface area contributed by atoms with E-state index in [2.05, 4.69) is 45.9 Å². The number of amides is 2. The minimum atomic E-state index is -5.07. The molecule has 1 unspecified atom stereocenters. The molecule has 2 saturated heterocycles. The highest BCUT2D eigenvalue weighted by molar-refractivity contribution is 6.06. The van der Waals surface area contributed by atoms with E-state index in [-0.39, 0.29) is 59.5 Å². The highest BCUT2D eigenvalue weighted by Gasteiger charge is 2.44.